The molecule has 84 valence electrons. The summed E-state index contributed by atoms with van der Waals surface area (Å²) in [7, 11) is 0. The summed E-state index contributed by atoms with van der Waals surface area (Å²) in [5, 5.41) is 0. The van der Waals surface area contributed by atoms with Crippen LogP contribution in [0.5, 0.6) is 0 Å². The molecule has 0 spiro atoms. The molecule has 0 N–H and O–H groups in total. The summed E-state index contributed by atoms with van der Waals surface area (Å²) in [5.74, 6) is -0.354. The fraction of sp³-hybridized carbons (Fsp3) is 0.273. The van der Waals surface area contributed by atoms with E-state index >= 15 is 0 Å². The number of hydrogen-bond acceptors (Lipinski definition) is 3. The van der Waals surface area contributed by atoms with Gasteiger partial charge in [-0.3, -0.25) is 4.40 Å². The molecular formula is C11H11BrN2O2. The summed E-state index contributed by atoms with van der Waals surface area (Å²) in [4.78, 5) is 15.8. The van der Waals surface area contributed by atoms with Crippen LogP contribution in [0.2, 0.25) is 0 Å². The monoisotopic (exact) mass is 282 g/mol. The minimum Gasteiger partial charge on any atom is -0.461 e. The Morgan fingerprint density at radius 3 is 3.06 bits per heavy atom. The predicted octanol–water partition coefficient (Wildman–Crippen LogP) is 2.58. The van der Waals surface area contributed by atoms with Crippen molar-refractivity contribution in [3.05, 3.63) is 34.2 Å². The number of aromatic nitrogens is 2. The first-order chi connectivity index (χ1) is 7.63. The number of esters is 1. The summed E-state index contributed by atoms with van der Waals surface area (Å²) in [5.41, 5.74) is 2.21. The summed E-state index contributed by atoms with van der Waals surface area (Å²) < 4.78 is 7.56. The lowest BCUT2D eigenvalue weighted by molar-refractivity contribution is 0.0518. The molecule has 0 saturated heterocycles. The van der Waals surface area contributed by atoms with Gasteiger partial charge in [0.2, 0.25) is 0 Å². The van der Waals surface area contributed by atoms with E-state index in [1.807, 2.05) is 19.2 Å². The number of carbonyl (C=O) groups excluding carboxylic acids is 1. The molecule has 2 aromatic heterocycles. The zero-order valence-corrected chi connectivity index (χ0v) is 10.6. The van der Waals surface area contributed by atoms with Gasteiger partial charge in [0.1, 0.15) is 0 Å². The molecule has 0 amide bonds. The molecule has 0 bridgehead atoms. The van der Waals surface area contributed by atoms with Gasteiger partial charge in [0.05, 0.1) is 17.3 Å². The smallest absolute Gasteiger partial charge is 0.356 e. The minimum absolute atomic E-state index is 0.354. The van der Waals surface area contributed by atoms with Crippen molar-refractivity contribution in [2.75, 3.05) is 6.61 Å². The van der Waals surface area contributed by atoms with Gasteiger partial charge >= 0.3 is 5.97 Å². The van der Waals surface area contributed by atoms with Crippen molar-refractivity contribution < 1.29 is 9.53 Å². The van der Waals surface area contributed by atoms with Crippen molar-refractivity contribution in [2.24, 2.45) is 0 Å². The first kappa shape index (κ1) is 11.1. The number of carbonyl (C=O) groups is 1. The van der Waals surface area contributed by atoms with Crippen LogP contribution in [0.25, 0.3) is 5.65 Å². The number of rotatable bonds is 2. The highest BCUT2D eigenvalue weighted by Crippen LogP contribution is 2.20. The maximum absolute atomic E-state index is 11.6. The zero-order chi connectivity index (χ0) is 11.7. The van der Waals surface area contributed by atoms with E-state index in [2.05, 4.69) is 20.9 Å². The molecule has 0 aliphatic heterocycles. The van der Waals surface area contributed by atoms with Crippen molar-refractivity contribution in [2.45, 2.75) is 13.8 Å². The van der Waals surface area contributed by atoms with Gasteiger partial charge < -0.3 is 4.74 Å². The molecule has 0 aliphatic carbocycles. The molecule has 0 fully saturated rings. The first-order valence-corrected chi connectivity index (χ1v) is 5.73. The van der Waals surface area contributed by atoms with Crippen molar-refractivity contribution in [1.29, 1.82) is 0 Å². The Morgan fingerprint density at radius 1 is 1.62 bits per heavy atom. The average molecular weight is 283 g/mol. The Hall–Kier alpha value is -1.36. The van der Waals surface area contributed by atoms with Crippen LogP contribution in [0.4, 0.5) is 0 Å². The highest BCUT2D eigenvalue weighted by atomic mass is 79.9. The van der Waals surface area contributed by atoms with Crippen LogP contribution in [-0.2, 0) is 4.74 Å². The molecule has 0 aliphatic rings. The van der Waals surface area contributed by atoms with E-state index in [1.165, 1.54) is 6.20 Å². The number of hydrogen-bond donors (Lipinski definition) is 0. The number of fused-ring (bicyclic) bond motifs is 1. The fourth-order valence-electron chi connectivity index (χ4n) is 1.53. The molecular weight excluding hydrogens is 272 g/mol. The SMILES string of the molecule is CCOC(=O)c1cnc2c(Br)cc(C)cn12. The second kappa shape index (κ2) is 4.25. The van der Waals surface area contributed by atoms with Crippen LogP contribution >= 0.6 is 15.9 Å². The largest absolute Gasteiger partial charge is 0.461 e. The lowest BCUT2D eigenvalue weighted by Gasteiger charge is -2.03. The van der Waals surface area contributed by atoms with Crippen LogP contribution in [0, 0.1) is 6.92 Å². The van der Waals surface area contributed by atoms with Crippen LogP contribution in [0.3, 0.4) is 0 Å². The lowest BCUT2D eigenvalue weighted by Crippen LogP contribution is -2.08. The van der Waals surface area contributed by atoms with E-state index in [1.54, 1.807) is 11.3 Å². The summed E-state index contributed by atoms with van der Waals surface area (Å²) in [6.07, 6.45) is 3.39. The molecule has 5 heteroatoms. The summed E-state index contributed by atoms with van der Waals surface area (Å²) in [6.45, 7) is 4.10. The van der Waals surface area contributed by atoms with Crippen LogP contribution in [-0.4, -0.2) is 22.0 Å². The molecule has 0 aromatic carbocycles. The molecule has 2 rings (SSSR count). The third kappa shape index (κ3) is 1.82. The summed E-state index contributed by atoms with van der Waals surface area (Å²) >= 11 is 3.41. The van der Waals surface area contributed by atoms with E-state index < -0.39 is 0 Å². The van der Waals surface area contributed by atoms with E-state index in [9.17, 15) is 4.79 Å². The molecule has 16 heavy (non-hydrogen) atoms. The second-order valence-corrected chi connectivity index (χ2v) is 4.28. The Morgan fingerprint density at radius 2 is 2.38 bits per heavy atom. The molecule has 2 aromatic rings. The van der Waals surface area contributed by atoms with Gasteiger partial charge in [-0.15, -0.1) is 0 Å². The van der Waals surface area contributed by atoms with Gasteiger partial charge in [-0.1, -0.05) is 0 Å². The van der Waals surface area contributed by atoms with Crippen molar-refractivity contribution in [3.63, 3.8) is 0 Å². The summed E-state index contributed by atoms with van der Waals surface area (Å²) in [6, 6.07) is 1.96. The fourth-order valence-corrected chi connectivity index (χ4v) is 2.18. The standard InChI is InChI=1S/C11H11BrN2O2/c1-3-16-11(15)9-5-13-10-8(12)4-7(2)6-14(9)10/h4-6H,3H2,1-2H3. The van der Waals surface area contributed by atoms with E-state index in [0.717, 1.165) is 10.0 Å². The molecule has 0 radical (unpaired) electrons. The number of pyridine rings is 1. The average Bonchev–Trinajstić information content (AvgIpc) is 2.61. The lowest BCUT2D eigenvalue weighted by atomic mass is 10.3. The van der Waals surface area contributed by atoms with E-state index in [4.69, 9.17) is 4.74 Å². The van der Waals surface area contributed by atoms with Gasteiger partial charge in [0.25, 0.3) is 0 Å². The topological polar surface area (TPSA) is 43.6 Å². The number of halogens is 1. The first-order valence-electron chi connectivity index (χ1n) is 4.93. The van der Waals surface area contributed by atoms with Crippen LogP contribution in [0.1, 0.15) is 23.0 Å². The van der Waals surface area contributed by atoms with Gasteiger partial charge in [0.15, 0.2) is 11.3 Å². The molecule has 0 atom stereocenters. The predicted molar refractivity (Wildman–Crippen MR) is 63.6 cm³/mol. The molecule has 4 nitrogen and oxygen atoms in total. The highest BCUT2D eigenvalue weighted by molar-refractivity contribution is 9.10. The Labute approximate surface area is 101 Å². The normalized spacial score (nSPS) is 10.7. The number of nitrogens with zero attached hydrogens (tertiary/aromatic N) is 2. The van der Waals surface area contributed by atoms with Gasteiger partial charge in [0, 0.05) is 6.20 Å². The van der Waals surface area contributed by atoms with E-state index in [0.29, 0.717) is 17.9 Å². The number of imidazole rings is 1. The van der Waals surface area contributed by atoms with Crippen molar-refractivity contribution >= 4 is 27.5 Å². The van der Waals surface area contributed by atoms with Gasteiger partial charge in [-0.05, 0) is 41.4 Å². The zero-order valence-electron chi connectivity index (χ0n) is 9.03. The maximum Gasteiger partial charge on any atom is 0.356 e. The van der Waals surface area contributed by atoms with Gasteiger partial charge in [-0.25, -0.2) is 9.78 Å². The third-order valence-corrected chi connectivity index (χ3v) is 2.77. The maximum atomic E-state index is 11.6. The second-order valence-electron chi connectivity index (χ2n) is 3.42. The molecule has 0 unspecified atom stereocenters. The molecule has 0 saturated carbocycles. The Kier molecular flexibility index (Phi) is 2.96. The van der Waals surface area contributed by atoms with Gasteiger partial charge in [-0.2, -0.15) is 0 Å². The van der Waals surface area contributed by atoms with Crippen LogP contribution < -0.4 is 0 Å². The van der Waals surface area contributed by atoms with Crippen molar-refractivity contribution in [1.82, 2.24) is 9.38 Å². The highest BCUT2D eigenvalue weighted by Gasteiger charge is 2.14. The third-order valence-electron chi connectivity index (χ3n) is 2.18. The number of aryl methyl sites for hydroxylation is 1. The molecule has 2 heterocycles. The quantitative estimate of drug-likeness (QED) is 0.796. The Bertz CT molecular complexity index is 548. The number of ether oxygens (including phenoxy) is 1. The van der Waals surface area contributed by atoms with E-state index in [-0.39, 0.29) is 5.97 Å². The van der Waals surface area contributed by atoms with Crippen LogP contribution in [0.15, 0.2) is 22.9 Å². The minimum atomic E-state index is -0.354. The Balaban J connectivity index is 2.60. The van der Waals surface area contributed by atoms with Crippen molar-refractivity contribution in [3.8, 4) is 0 Å².